The monoisotopic (exact) mass is 508 g/mol. The number of methoxy groups -OCH3 is 4. The van der Waals surface area contributed by atoms with Gasteiger partial charge in [0.15, 0.2) is 11.5 Å². The van der Waals surface area contributed by atoms with Crippen molar-refractivity contribution in [3.8, 4) is 23.0 Å². The van der Waals surface area contributed by atoms with E-state index in [0.29, 0.717) is 16.9 Å². The third-order valence-electron chi connectivity index (χ3n) is 6.04. The molecule has 1 unspecified atom stereocenters. The van der Waals surface area contributed by atoms with Gasteiger partial charge in [0.25, 0.3) is 11.7 Å². The zero-order chi connectivity index (χ0) is 26.7. The standard InChI is InChI=1S/C27H25FN2O7/c1-34-19-8-7-17(28)12-18(19)24(31)22-23(16-10-20(35-2)26(37-4)21(11-16)36-3)30(27(33)25(22)32)14-15-6-5-9-29-13-15/h5-13,23,31H,14H2,1-4H3/b24-22+. The highest BCUT2D eigenvalue weighted by Gasteiger charge is 2.47. The quantitative estimate of drug-likeness (QED) is 0.278. The van der Waals surface area contributed by atoms with Crippen LogP contribution in [0.4, 0.5) is 4.39 Å². The number of rotatable bonds is 8. The Bertz CT molecular complexity index is 1350. The second-order valence-electron chi connectivity index (χ2n) is 8.09. The molecule has 1 fully saturated rings. The lowest BCUT2D eigenvalue weighted by Crippen LogP contribution is -2.29. The number of nitrogens with zero attached hydrogens (tertiary/aromatic N) is 2. The number of carbonyl (C=O) groups is 2. The fourth-order valence-corrected chi connectivity index (χ4v) is 4.35. The predicted molar refractivity (Wildman–Crippen MR) is 131 cm³/mol. The number of ketones is 1. The van der Waals surface area contributed by atoms with Crippen LogP contribution >= 0.6 is 0 Å². The zero-order valence-corrected chi connectivity index (χ0v) is 20.6. The van der Waals surface area contributed by atoms with Gasteiger partial charge in [0.05, 0.1) is 45.6 Å². The van der Waals surface area contributed by atoms with Crippen molar-refractivity contribution < 1.29 is 38.0 Å². The second kappa shape index (κ2) is 10.6. The van der Waals surface area contributed by atoms with Crippen LogP contribution in [-0.4, -0.2) is 55.1 Å². The summed E-state index contributed by atoms with van der Waals surface area (Å²) in [6.07, 6.45) is 3.16. The first-order chi connectivity index (χ1) is 17.8. The van der Waals surface area contributed by atoms with Gasteiger partial charge in [-0.05, 0) is 47.5 Å². The van der Waals surface area contributed by atoms with E-state index >= 15 is 0 Å². The minimum absolute atomic E-state index is 0.0107. The van der Waals surface area contributed by atoms with Gasteiger partial charge in [-0.25, -0.2) is 4.39 Å². The fourth-order valence-electron chi connectivity index (χ4n) is 4.35. The van der Waals surface area contributed by atoms with E-state index in [1.165, 1.54) is 39.4 Å². The van der Waals surface area contributed by atoms with Crippen LogP contribution in [-0.2, 0) is 16.1 Å². The van der Waals surface area contributed by atoms with Crippen molar-refractivity contribution in [2.24, 2.45) is 0 Å². The molecule has 0 aliphatic carbocycles. The predicted octanol–water partition coefficient (Wildman–Crippen LogP) is 3.88. The number of hydrogen-bond donors (Lipinski definition) is 1. The Morgan fingerprint density at radius 2 is 1.65 bits per heavy atom. The smallest absolute Gasteiger partial charge is 0.295 e. The summed E-state index contributed by atoms with van der Waals surface area (Å²) in [5.41, 5.74) is 0.742. The highest BCUT2D eigenvalue weighted by atomic mass is 19.1. The van der Waals surface area contributed by atoms with Crippen molar-refractivity contribution in [2.75, 3.05) is 28.4 Å². The second-order valence-corrected chi connectivity index (χ2v) is 8.09. The topological polar surface area (TPSA) is 107 Å². The van der Waals surface area contributed by atoms with Crippen LogP contribution in [0.5, 0.6) is 23.0 Å². The minimum atomic E-state index is -1.08. The third-order valence-corrected chi connectivity index (χ3v) is 6.04. The van der Waals surface area contributed by atoms with Gasteiger partial charge in [-0.1, -0.05) is 6.07 Å². The number of aliphatic hydroxyl groups is 1. The molecule has 1 aliphatic heterocycles. The van der Waals surface area contributed by atoms with Gasteiger partial charge in [-0.2, -0.15) is 0 Å². The molecule has 1 saturated heterocycles. The number of amides is 1. The summed E-state index contributed by atoms with van der Waals surface area (Å²) in [5, 5.41) is 11.3. The summed E-state index contributed by atoms with van der Waals surface area (Å²) in [4.78, 5) is 32.1. The first-order valence-corrected chi connectivity index (χ1v) is 11.2. The maximum atomic E-state index is 14.2. The van der Waals surface area contributed by atoms with Gasteiger partial charge in [-0.15, -0.1) is 0 Å². The molecule has 3 aromatic rings. The van der Waals surface area contributed by atoms with Crippen LogP contribution < -0.4 is 18.9 Å². The van der Waals surface area contributed by atoms with Crippen molar-refractivity contribution in [3.63, 3.8) is 0 Å². The van der Waals surface area contributed by atoms with Crippen LogP contribution in [0.3, 0.4) is 0 Å². The molecular weight excluding hydrogens is 483 g/mol. The molecule has 10 heteroatoms. The van der Waals surface area contributed by atoms with Crippen LogP contribution in [0.15, 0.2) is 60.4 Å². The van der Waals surface area contributed by atoms with Crippen molar-refractivity contribution in [2.45, 2.75) is 12.6 Å². The van der Waals surface area contributed by atoms with Crippen LogP contribution in [0, 0.1) is 5.82 Å². The molecule has 2 heterocycles. The molecule has 1 aliphatic rings. The lowest BCUT2D eigenvalue weighted by atomic mass is 9.94. The van der Waals surface area contributed by atoms with Crippen LogP contribution in [0.2, 0.25) is 0 Å². The molecule has 9 nitrogen and oxygen atoms in total. The molecule has 37 heavy (non-hydrogen) atoms. The van der Waals surface area contributed by atoms with Crippen LogP contribution in [0.25, 0.3) is 5.76 Å². The average molecular weight is 509 g/mol. The molecule has 1 N–H and O–H groups in total. The molecule has 0 radical (unpaired) electrons. The minimum Gasteiger partial charge on any atom is -0.507 e. The van der Waals surface area contributed by atoms with E-state index < -0.39 is 29.3 Å². The summed E-state index contributed by atoms with van der Waals surface area (Å²) in [7, 11) is 5.67. The Hall–Kier alpha value is -4.60. The summed E-state index contributed by atoms with van der Waals surface area (Å²) < 4.78 is 35.8. The Morgan fingerprint density at radius 3 is 2.22 bits per heavy atom. The number of likely N-dealkylation sites (tertiary alicyclic amines) is 1. The van der Waals surface area contributed by atoms with Crippen molar-refractivity contribution in [1.29, 1.82) is 0 Å². The molecule has 0 spiro atoms. The summed E-state index contributed by atoms with van der Waals surface area (Å²) >= 11 is 0. The normalized spacial score (nSPS) is 16.6. The number of pyridine rings is 1. The summed E-state index contributed by atoms with van der Waals surface area (Å²) in [6.45, 7) is 0.0107. The lowest BCUT2D eigenvalue weighted by molar-refractivity contribution is -0.140. The van der Waals surface area contributed by atoms with Gasteiger partial charge in [0.1, 0.15) is 17.3 Å². The summed E-state index contributed by atoms with van der Waals surface area (Å²) in [5.74, 6) is -2.02. The molecule has 0 saturated carbocycles. The van der Waals surface area contributed by atoms with Crippen molar-refractivity contribution in [3.05, 3.63) is 82.9 Å². The van der Waals surface area contributed by atoms with E-state index in [1.54, 1.807) is 36.7 Å². The maximum absolute atomic E-state index is 14.2. The lowest BCUT2D eigenvalue weighted by Gasteiger charge is -2.26. The molecule has 0 bridgehead atoms. The average Bonchev–Trinajstić information content (AvgIpc) is 3.17. The number of benzene rings is 2. The highest BCUT2D eigenvalue weighted by molar-refractivity contribution is 6.46. The van der Waals surface area contributed by atoms with E-state index in [9.17, 15) is 19.1 Å². The number of Topliss-reactive ketones (excluding diaryl/α,β-unsaturated/α-hetero) is 1. The number of hydrogen-bond acceptors (Lipinski definition) is 8. The van der Waals surface area contributed by atoms with E-state index in [2.05, 4.69) is 4.98 Å². The largest absolute Gasteiger partial charge is 0.507 e. The number of halogens is 1. The molecule has 1 aromatic heterocycles. The Labute approximate surface area is 212 Å². The van der Waals surface area contributed by atoms with E-state index in [-0.39, 0.29) is 34.9 Å². The molecule has 1 amide bonds. The van der Waals surface area contributed by atoms with Gasteiger partial charge < -0.3 is 29.0 Å². The first-order valence-electron chi connectivity index (χ1n) is 11.2. The molecule has 1 atom stereocenters. The van der Waals surface area contributed by atoms with Gasteiger partial charge in [0, 0.05) is 18.9 Å². The molecular formula is C27H25FN2O7. The van der Waals surface area contributed by atoms with E-state index in [1.807, 2.05) is 0 Å². The Morgan fingerprint density at radius 1 is 0.973 bits per heavy atom. The van der Waals surface area contributed by atoms with E-state index in [0.717, 1.165) is 12.1 Å². The number of aliphatic hydroxyl groups excluding tert-OH is 1. The Balaban J connectivity index is 1.99. The molecule has 2 aromatic carbocycles. The van der Waals surface area contributed by atoms with Crippen LogP contribution in [0.1, 0.15) is 22.7 Å². The van der Waals surface area contributed by atoms with Crippen molar-refractivity contribution in [1.82, 2.24) is 9.88 Å². The number of aromatic nitrogens is 1. The molecule has 4 rings (SSSR count). The Kier molecular flexibility index (Phi) is 7.28. The van der Waals surface area contributed by atoms with Crippen molar-refractivity contribution >= 4 is 17.4 Å². The zero-order valence-electron chi connectivity index (χ0n) is 20.6. The number of carbonyl (C=O) groups excluding carboxylic acids is 2. The van der Waals surface area contributed by atoms with Gasteiger partial charge in [0.2, 0.25) is 5.75 Å². The SMILES string of the molecule is COc1ccc(F)cc1/C(O)=C1\C(=O)C(=O)N(Cc2cccnc2)C1c1cc(OC)c(OC)c(OC)c1. The van der Waals surface area contributed by atoms with Gasteiger partial charge >= 0.3 is 0 Å². The first kappa shape index (κ1) is 25.5. The number of ether oxygens (including phenoxy) is 4. The van der Waals surface area contributed by atoms with E-state index in [4.69, 9.17) is 18.9 Å². The highest BCUT2D eigenvalue weighted by Crippen LogP contribution is 2.46. The molecule has 192 valence electrons. The summed E-state index contributed by atoms with van der Waals surface area (Å²) in [6, 6.07) is 9.08. The fraction of sp³-hybridized carbons (Fsp3) is 0.222. The third kappa shape index (κ3) is 4.65. The van der Waals surface area contributed by atoms with Gasteiger partial charge in [-0.3, -0.25) is 14.6 Å². The maximum Gasteiger partial charge on any atom is 0.295 e.